The Hall–Kier alpha value is -1.02. The molecule has 0 unspecified atom stereocenters. The van der Waals surface area contributed by atoms with E-state index in [1.807, 2.05) is 39.0 Å². The number of alkyl halides is 1. The maximum Gasteiger partial charge on any atom is 0.166 e. The van der Waals surface area contributed by atoms with Crippen LogP contribution in [0.5, 0.6) is 5.75 Å². The van der Waals surface area contributed by atoms with Crippen molar-refractivity contribution in [2.75, 3.05) is 5.88 Å². The topological polar surface area (TPSA) is 26.3 Å². The standard InChI is InChI=1S/C14H19ClO2/c1-10(2)17-14-7-6-11(3)9-12(14)13(16)5-4-8-15/h6-7,9-10H,4-5,8H2,1-3H3. The van der Waals surface area contributed by atoms with Gasteiger partial charge in [-0.15, -0.1) is 11.6 Å². The molecule has 0 spiro atoms. The van der Waals surface area contributed by atoms with E-state index in [0.717, 1.165) is 5.56 Å². The Morgan fingerprint density at radius 3 is 2.71 bits per heavy atom. The van der Waals surface area contributed by atoms with E-state index < -0.39 is 0 Å². The summed E-state index contributed by atoms with van der Waals surface area (Å²) in [5.74, 6) is 1.29. The summed E-state index contributed by atoms with van der Waals surface area (Å²) in [5.41, 5.74) is 1.74. The molecule has 0 radical (unpaired) electrons. The van der Waals surface area contributed by atoms with Gasteiger partial charge in [0.15, 0.2) is 5.78 Å². The molecule has 0 bridgehead atoms. The monoisotopic (exact) mass is 254 g/mol. The maximum absolute atomic E-state index is 12.0. The molecule has 1 rings (SSSR count). The smallest absolute Gasteiger partial charge is 0.166 e. The molecule has 94 valence electrons. The van der Waals surface area contributed by atoms with Gasteiger partial charge in [-0.3, -0.25) is 4.79 Å². The zero-order valence-electron chi connectivity index (χ0n) is 10.6. The third-order valence-electron chi connectivity index (χ3n) is 2.34. The van der Waals surface area contributed by atoms with Gasteiger partial charge in [-0.2, -0.15) is 0 Å². The zero-order valence-corrected chi connectivity index (χ0v) is 11.4. The summed E-state index contributed by atoms with van der Waals surface area (Å²) in [6, 6.07) is 5.70. The van der Waals surface area contributed by atoms with Crippen LogP contribution >= 0.6 is 11.6 Å². The number of hydrogen-bond donors (Lipinski definition) is 0. The Morgan fingerprint density at radius 2 is 2.12 bits per heavy atom. The number of aryl methyl sites for hydroxylation is 1. The second kappa shape index (κ2) is 6.65. The lowest BCUT2D eigenvalue weighted by Gasteiger charge is -2.14. The van der Waals surface area contributed by atoms with Crippen LogP contribution in [0.3, 0.4) is 0 Å². The van der Waals surface area contributed by atoms with Gasteiger partial charge in [-0.25, -0.2) is 0 Å². The van der Waals surface area contributed by atoms with E-state index in [0.29, 0.717) is 30.0 Å². The Labute approximate surface area is 108 Å². The van der Waals surface area contributed by atoms with Gasteiger partial charge >= 0.3 is 0 Å². The Balaban J connectivity index is 2.93. The number of rotatable bonds is 6. The quantitative estimate of drug-likeness (QED) is 0.567. The first-order valence-corrected chi connectivity index (χ1v) is 6.44. The number of carbonyl (C=O) groups is 1. The lowest BCUT2D eigenvalue weighted by molar-refractivity contribution is 0.0976. The van der Waals surface area contributed by atoms with Crippen molar-refractivity contribution < 1.29 is 9.53 Å². The van der Waals surface area contributed by atoms with Crippen LogP contribution in [-0.2, 0) is 0 Å². The molecule has 0 saturated heterocycles. The first kappa shape index (κ1) is 14.0. The molecule has 0 aliphatic heterocycles. The molecule has 1 aromatic carbocycles. The molecule has 1 aromatic rings. The minimum atomic E-state index is 0.0669. The van der Waals surface area contributed by atoms with Gasteiger partial charge in [-0.05, 0) is 39.3 Å². The molecule has 0 saturated carbocycles. The Bertz CT molecular complexity index is 386. The van der Waals surface area contributed by atoms with Crippen molar-refractivity contribution in [3.63, 3.8) is 0 Å². The minimum absolute atomic E-state index is 0.0669. The average molecular weight is 255 g/mol. The van der Waals surface area contributed by atoms with E-state index in [9.17, 15) is 4.79 Å². The van der Waals surface area contributed by atoms with Crippen molar-refractivity contribution >= 4 is 17.4 Å². The van der Waals surface area contributed by atoms with Crippen molar-refractivity contribution in [2.24, 2.45) is 0 Å². The van der Waals surface area contributed by atoms with E-state index in [4.69, 9.17) is 16.3 Å². The molecule has 0 atom stereocenters. The molecule has 0 aliphatic rings. The van der Waals surface area contributed by atoms with Crippen LogP contribution in [0.4, 0.5) is 0 Å². The fraction of sp³-hybridized carbons (Fsp3) is 0.500. The van der Waals surface area contributed by atoms with Gasteiger partial charge < -0.3 is 4.74 Å². The number of halogens is 1. The van der Waals surface area contributed by atoms with Crippen LogP contribution < -0.4 is 4.74 Å². The molecule has 0 amide bonds. The summed E-state index contributed by atoms with van der Waals surface area (Å²) in [5, 5.41) is 0. The van der Waals surface area contributed by atoms with Crippen molar-refractivity contribution in [3.05, 3.63) is 29.3 Å². The maximum atomic E-state index is 12.0. The van der Waals surface area contributed by atoms with E-state index in [-0.39, 0.29) is 11.9 Å². The fourth-order valence-corrected chi connectivity index (χ4v) is 1.71. The number of ketones is 1. The number of Topliss-reactive ketones (excluding diaryl/α,β-unsaturated/α-hetero) is 1. The van der Waals surface area contributed by atoms with Crippen molar-refractivity contribution in [3.8, 4) is 5.75 Å². The highest BCUT2D eigenvalue weighted by molar-refractivity contribution is 6.18. The minimum Gasteiger partial charge on any atom is -0.490 e. The van der Waals surface area contributed by atoms with Gasteiger partial charge in [0.05, 0.1) is 11.7 Å². The van der Waals surface area contributed by atoms with E-state index in [1.165, 1.54) is 0 Å². The summed E-state index contributed by atoms with van der Waals surface area (Å²) in [4.78, 5) is 12.0. The van der Waals surface area contributed by atoms with E-state index in [1.54, 1.807) is 0 Å². The summed E-state index contributed by atoms with van der Waals surface area (Å²) in [6.45, 7) is 5.87. The predicted molar refractivity (Wildman–Crippen MR) is 71.2 cm³/mol. The fourth-order valence-electron chi connectivity index (χ4n) is 1.58. The first-order valence-electron chi connectivity index (χ1n) is 5.91. The van der Waals surface area contributed by atoms with E-state index >= 15 is 0 Å². The molecule has 2 nitrogen and oxygen atoms in total. The highest BCUT2D eigenvalue weighted by Gasteiger charge is 2.13. The third-order valence-corrected chi connectivity index (χ3v) is 2.60. The van der Waals surface area contributed by atoms with Crippen molar-refractivity contribution in [1.29, 1.82) is 0 Å². The number of hydrogen-bond acceptors (Lipinski definition) is 2. The van der Waals surface area contributed by atoms with E-state index in [2.05, 4.69) is 0 Å². The Kier molecular flexibility index (Phi) is 5.49. The molecule has 0 fully saturated rings. The second-order valence-electron chi connectivity index (χ2n) is 4.38. The normalized spacial score (nSPS) is 10.6. The van der Waals surface area contributed by atoms with Crippen LogP contribution in [0, 0.1) is 6.92 Å². The van der Waals surface area contributed by atoms with Crippen LogP contribution in [0.2, 0.25) is 0 Å². The first-order chi connectivity index (χ1) is 8.04. The molecule has 17 heavy (non-hydrogen) atoms. The van der Waals surface area contributed by atoms with Crippen LogP contribution in [0.15, 0.2) is 18.2 Å². The summed E-state index contributed by atoms with van der Waals surface area (Å²) < 4.78 is 5.65. The summed E-state index contributed by atoms with van der Waals surface area (Å²) in [7, 11) is 0. The Morgan fingerprint density at radius 1 is 1.41 bits per heavy atom. The highest BCUT2D eigenvalue weighted by atomic mass is 35.5. The SMILES string of the molecule is Cc1ccc(OC(C)C)c(C(=O)CCCCl)c1. The molecule has 0 heterocycles. The van der Waals surface area contributed by atoms with Gasteiger partial charge in [0.2, 0.25) is 0 Å². The largest absolute Gasteiger partial charge is 0.490 e. The third kappa shape index (κ3) is 4.39. The van der Waals surface area contributed by atoms with Crippen molar-refractivity contribution in [1.82, 2.24) is 0 Å². The van der Waals surface area contributed by atoms with Crippen LogP contribution in [-0.4, -0.2) is 17.8 Å². The van der Waals surface area contributed by atoms with Crippen LogP contribution in [0.25, 0.3) is 0 Å². The van der Waals surface area contributed by atoms with Gasteiger partial charge in [0, 0.05) is 12.3 Å². The summed E-state index contributed by atoms with van der Waals surface area (Å²) in [6.07, 6.45) is 1.24. The summed E-state index contributed by atoms with van der Waals surface area (Å²) >= 11 is 5.60. The molecule has 0 aromatic heterocycles. The lowest BCUT2D eigenvalue weighted by Crippen LogP contribution is -2.10. The average Bonchev–Trinajstić information content (AvgIpc) is 2.27. The highest BCUT2D eigenvalue weighted by Crippen LogP contribution is 2.23. The van der Waals surface area contributed by atoms with Crippen LogP contribution in [0.1, 0.15) is 42.6 Å². The van der Waals surface area contributed by atoms with Gasteiger partial charge in [0.1, 0.15) is 5.75 Å². The number of carbonyl (C=O) groups excluding carboxylic acids is 1. The van der Waals surface area contributed by atoms with Gasteiger partial charge in [0.25, 0.3) is 0 Å². The number of benzene rings is 1. The molecule has 0 N–H and O–H groups in total. The number of ether oxygens (including phenoxy) is 1. The lowest BCUT2D eigenvalue weighted by atomic mass is 10.0. The molecular weight excluding hydrogens is 236 g/mol. The molecule has 0 aliphatic carbocycles. The predicted octanol–water partition coefficient (Wildman–Crippen LogP) is 3.98. The second-order valence-corrected chi connectivity index (χ2v) is 4.76. The molecular formula is C14H19ClO2. The van der Waals surface area contributed by atoms with Crippen molar-refractivity contribution in [2.45, 2.75) is 39.7 Å². The zero-order chi connectivity index (χ0) is 12.8. The molecule has 3 heteroatoms. The van der Waals surface area contributed by atoms with Gasteiger partial charge in [-0.1, -0.05) is 11.6 Å².